The SMILES string of the molecule is C=CCOC(=O)NC[C@@H](c1ccccc1)N1CCN(C(=O)OC(C)(C)C)[C@H](C)C1. The molecule has 0 aromatic heterocycles. The molecule has 0 radical (unpaired) electrons. The van der Waals surface area contributed by atoms with E-state index in [1.54, 1.807) is 4.90 Å². The highest BCUT2D eigenvalue weighted by molar-refractivity contribution is 5.69. The second-order valence-corrected chi connectivity index (χ2v) is 8.21. The van der Waals surface area contributed by atoms with Gasteiger partial charge in [0, 0.05) is 32.2 Å². The van der Waals surface area contributed by atoms with Gasteiger partial charge < -0.3 is 19.7 Å². The number of carbonyl (C=O) groups excluding carboxylic acids is 2. The van der Waals surface area contributed by atoms with Gasteiger partial charge in [0.05, 0.1) is 6.04 Å². The Morgan fingerprint density at radius 1 is 1.28 bits per heavy atom. The molecule has 7 nitrogen and oxygen atoms in total. The number of alkyl carbamates (subject to hydrolysis) is 1. The van der Waals surface area contributed by atoms with Crippen LogP contribution in [0.25, 0.3) is 0 Å². The van der Waals surface area contributed by atoms with Gasteiger partial charge in [-0.3, -0.25) is 4.90 Å². The zero-order valence-corrected chi connectivity index (χ0v) is 17.9. The highest BCUT2D eigenvalue weighted by Crippen LogP contribution is 2.24. The van der Waals surface area contributed by atoms with Crippen molar-refractivity contribution >= 4 is 12.2 Å². The molecule has 7 heteroatoms. The lowest BCUT2D eigenvalue weighted by Crippen LogP contribution is -2.56. The molecule has 2 atom stereocenters. The smallest absolute Gasteiger partial charge is 0.410 e. The molecule has 2 rings (SSSR count). The molecule has 160 valence electrons. The molecule has 0 aliphatic carbocycles. The molecule has 1 aromatic rings. The minimum Gasteiger partial charge on any atom is -0.445 e. The van der Waals surface area contributed by atoms with Crippen LogP contribution in [0.5, 0.6) is 0 Å². The van der Waals surface area contributed by atoms with Gasteiger partial charge in [0.25, 0.3) is 0 Å². The van der Waals surface area contributed by atoms with Crippen LogP contribution < -0.4 is 5.32 Å². The van der Waals surface area contributed by atoms with Crippen molar-refractivity contribution in [3.05, 3.63) is 48.6 Å². The summed E-state index contributed by atoms with van der Waals surface area (Å²) in [5.41, 5.74) is 0.588. The monoisotopic (exact) mass is 403 g/mol. The summed E-state index contributed by atoms with van der Waals surface area (Å²) in [7, 11) is 0. The van der Waals surface area contributed by atoms with Gasteiger partial charge in [-0.2, -0.15) is 0 Å². The van der Waals surface area contributed by atoms with Crippen molar-refractivity contribution in [1.82, 2.24) is 15.1 Å². The minimum atomic E-state index is -0.518. The Bertz CT molecular complexity index is 687. The molecule has 1 aliphatic rings. The Morgan fingerprint density at radius 3 is 2.55 bits per heavy atom. The van der Waals surface area contributed by atoms with E-state index in [2.05, 4.69) is 16.8 Å². The Labute approximate surface area is 173 Å². The number of nitrogens with one attached hydrogen (secondary N) is 1. The number of amides is 2. The summed E-state index contributed by atoms with van der Waals surface area (Å²) in [5.74, 6) is 0. The van der Waals surface area contributed by atoms with Crippen molar-refractivity contribution < 1.29 is 19.1 Å². The first kappa shape index (κ1) is 22.7. The van der Waals surface area contributed by atoms with Gasteiger partial charge in [-0.05, 0) is 33.3 Å². The summed E-state index contributed by atoms with van der Waals surface area (Å²) in [6.07, 6.45) is 0.782. The zero-order chi connectivity index (χ0) is 21.4. The van der Waals surface area contributed by atoms with Crippen molar-refractivity contribution in [2.24, 2.45) is 0 Å². The molecule has 0 saturated carbocycles. The van der Waals surface area contributed by atoms with Crippen LogP contribution >= 0.6 is 0 Å². The van der Waals surface area contributed by atoms with E-state index in [0.29, 0.717) is 26.2 Å². The fourth-order valence-electron chi connectivity index (χ4n) is 3.36. The van der Waals surface area contributed by atoms with E-state index >= 15 is 0 Å². The molecular weight excluding hydrogens is 370 g/mol. The fraction of sp³-hybridized carbons (Fsp3) is 0.545. The van der Waals surface area contributed by atoms with E-state index in [-0.39, 0.29) is 24.8 Å². The molecule has 1 N–H and O–H groups in total. The quantitative estimate of drug-likeness (QED) is 0.735. The largest absolute Gasteiger partial charge is 0.445 e. The lowest BCUT2D eigenvalue weighted by Gasteiger charge is -2.43. The number of rotatable bonds is 6. The highest BCUT2D eigenvalue weighted by Gasteiger charge is 2.34. The number of hydrogen-bond donors (Lipinski definition) is 1. The maximum absolute atomic E-state index is 12.5. The molecule has 1 heterocycles. The molecule has 1 saturated heterocycles. The average Bonchev–Trinajstić information content (AvgIpc) is 2.66. The molecule has 2 amide bonds. The first-order chi connectivity index (χ1) is 13.7. The van der Waals surface area contributed by atoms with Crippen molar-refractivity contribution in [2.75, 3.05) is 32.8 Å². The van der Waals surface area contributed by atoms with Crippen LogP contribution in [-0.2, 0) is 9.47 Å². The first-order valence-corrected chi connectivity index (χ1v) is 10.0. The Morgan fingerprint density at radius 2 is 1.97 bits per heavy atom. The van der Waals surface area contributed by atoms with Crippen LogP contribution in [0, 0.1) is 0 Å². The maximum Gasteiger partial charge on any atom is 0.410 e. The van der Waals surface area contributed by atoms with E-state index in [1.807, 2.05) is 58.0 Å². The molecule has 0 unspecified atom stereocenters. The average molecular weight is 404 g/mol. The molecular formula is C22H33N3O4. The van der Waals surface area contributed by atoms with E-state index in [0.717, 1.165) is 5.56 Å². The van der Waals surface area contributed by atoms with E-state index in [4.69, 9.17) is 9.47 Å². The molecule has 29 heavy (non-hydrogen) atoms. The molecule has 0 bridgehead atoms. The van der Waals surface area contributed by atoms with Crippen LogP contribution in [0.1, 0.15) is 39.3 Å². The van der Waals surface area contributed by atoms with Crippen molar-refractivity contribution in [3.8, 4) is 0 Å². The lowest BCUT2D eigenvalue weighted by molar-refractivity contribution is -0.00448. The van der Waals surface area contributed by atoms with Gasteiger partial charge in [-0.25, -0.2) is 9.59 Å². The van der Waals surface area contributed by atoms with Crippen LogP contribution in [0.3, 0.4) is 0 Å². The van der Waals surface area contributed by atoms with Gasteiger partial charge in [-0.1, -0.05) is 43.0 Å². The third kappa shape index (κ3) is 7.09. The van der Waals surface area contributed by atoms with Crippen LogP contribution in [0.4, 0.5) is 9.59 Å². The molecule has 1 fully saturated rings. The van der Waals surface area contributed by atoms with Crippen molar-refractivity contribution in [3.63, 3.8) is 0 Å². The fourth-order valence-corrected chi connectivity index (χ4v) is 3.36. The highest BCUT2D eigenvalue weighted by atomic mass is 16.6. The van der Waals surface area contributed by atoms with E-state index in [1.165, 1.54) is 6.08 Å². The third-order valence-corrected chi connectivity index (χ3v) is 4.68. The predicted octanol–water partition coefficient (Wildman–Crippen LogP) is 3.58. The summed E-state index contributed by atoms with van der Waals surface area (Å²) in [4.78, 5) is 28.4. The maximum atomic E-state index is 12.5. The summed E-state index contributed by atoms with van der Waals surface area (Å²) >= 11 is 0. The predicted molar refractivity (Wildman–Crippen MR) is 113 cm³/mol. The number of benzene rings is 1. The Kier molecular flexibility index (Phi) is 8.08. The van der Waals surface area contributed by atoms with Gasteiger partial charge in [0.1, 0.15) is 12.2 Å². The number of hydrogen-bond acceptors (Lipinski definition) is 5. The van der Waals surface area contributed by atoms with Gasteiger partial charge >= 0.3 is 12.2 Å². The van der Waals surface area contributed by atoms with Crippen LogP contribution in [0.15, 0.2) is 43.0 Å². The van der Waals surface area contributed by atoms with Gasteiger partial charge in [0.15, 0.2) is 0 Å². The van der Waals surface area contributed by atoms with Gasteiger partial charge in [-0.15, -0.1) is 0 Å². The number of nitrogens with zero attached hydrogens (tertiary/aromatic N) is 2. The van der Waals surface area contributed by atoms with Crippen molar-refractivity contribution in [1.29, 1.82) is 0 Å². The third-order valence-electron chi connectivity index (χ3n) is 4.68. The Hall–Kier alpha value is -2.54. The van der Waals surface area contributed by atoms with Crippen molar-refractivity contribution in [2.45, 2.75) is 45.4 Å². The normalized spacial score (nSPS) is 18.6. The summed E-state index contributed by atoms with van der Waals surface area (Å²) in [6, 6.07) is 10.0. The summed E-state index contributed by atoms with van der Waals surface area (Å²) in [5, 5.41) is 2.84. The van der Waals surface area contributed by atoms with Gasteiger partial charge in [0.2, 0.25) is 0 Å². The molecule has 1 aliphatic heterocycles. The topological polar surface area (TPSA) is 71.1 Å². The lowest BCUT2D eigenvalue weighted by atomic mass is 10.0. The number of ether oxygens (including phenoxy) is 2. The minimum absolute atomic E-state index is 0.00229. The summed E-state index contributed by atoms with van der Waals surface area (Å²) in [6.45, 7) is 13.7. The van der Waals surface area contributed by atoms with E-state index < -0.39 is 11.7 Å². The molecule has 0 spiro atoms. The standard InChI is InChI=1S/C22H33N3O4/c1-6-14-28-20(26)23-15-19(18-10-8-7-9-11-18)24-12-13-25(17(2)16-24)21(27)29-22(3,4)5/h6-11,17,19H,1,12-16H2,2-5H3,(H,23,26)/t17-,19+/m1/s1. The molecule has 1 aromatic carbocycles. The second kappa shape index (κ2) is 10.3. The van der Waals surface area contributed by atoms with E-state index in [9.17, 15) is 9.59 Å². The first-order valence-electron chi connectivity index (χ1n) is 10.0. The van der Waals surface area contributed by atoms with Crippen LogP contribution in [-0.4, -0.2) is 66.4 Å². The summed E-state index contributed by atoms with van der Waals surface area (Å²) < 4.78 is 10.6. The second-order valence-electron chi connectivity index (χ2n) is 8.21. The number of piperazine rings is 1. The zero-order valence-electron chi connectivity index (χ0n) is 17.9. The Balaban J connectivity index is 2.05. The number of carbonyl (C=O) groups is 2. The van der Waals surface area contributed by atoms with Crippen LogP contribution in [0.2, 0.25) is 0 Å².